The number of nitrogens with one attached hydrogen (secondary N) is 2. The van der Waals surface area contributed by atoms with Gasteiger partial charge in [-0.15, -0.1) is 0 Å². The minimum Gasteiger partial charge on any atom is -0.459 e. The van der Waals surface area contributed by atoms with Crippen molar-refractivity contribution in [3.05, 3.63) is 46.7 Å². The Bertz CT molecular complexity index is 699. The van der Waals surface area contributed by atoms with Gasteiger partial charge in [0.1, 0.15) is 0 Å². The molecule has 0 radical (unpaired) electrons. The smallest absolute Gasteiger partial charge is 0.338 e. The zero-order valence-corrected chi connectivity index (χ0v) is 16.2. The van der Waals surface area contributed by atoms with Crippen LogP contribution in [0.15, 0.2) is 35.5 Å². The number of esters is 1. The number of benzene rings is 1. The van der Waals surface area contributed by atoms with Gasteiger partial charge in [0.15, 0.2) is 0 Å². The molecule has 136 valence electrons. The lowest BCUT2D eigenvalue weighted by atomic mass is 9.95. The number of urea groups is 1. The van der Waals surface area contributed by atoms with Crippen LogP contribution in [-0.2, 0) is 13.5 Å². The number of hydrogen-bond acceptors (Lipinski definition) is 3. The van der Waals surface area contributed by atoms with Gasteiger partial charge in [-0.2, -0.15) is 8.78 Å². The number of hydrogen-bond donors (Lipinski definition) is 2. The maximum Gasteiger partial charge on any atom is 0.338 e. The van der Waals surface area contributed by atoms with Crippen LogP contribution >= 0.6 is 22.6 Å². The molecule has 2 unspecified atom stereocenters. The first-order valence-electron chi connectivity index (χ1n) is 7.80. The molecule has 5 nitrogen and oxygen atoms in total. The minimum atomic E-state index is -2.99. The molecular formula is C17H19F2IN2O3. The Hall–Kier alpha value is -1.71. The van der Waals surface area contributed by atoms with Gasteiger partial charge in [0, 0.05) is 33.9 Å². The van der Waals surface area contributed by atoms with E-state index in [-0.39, 0.29) is 17.2 Å². The molecule has 8 heteroatoms. The molecule has 0 bridgehead atoms. The molecule has 25 heavy (non-hydrogen) atoms. The zero-order chi connectivity index (χ0) is 18.8. The van der Waals surface area contributed by atoms with E-state index in [1.807, 2.05) is 6.92 Å². The maximum atomic E-state index is 13.4. The van der Waals surface area contributed by atoms with Crippen LogP contribution < -0.4 is 10.6 Å². The summed E-state index contributed by atoms with van der Waals surface area (Å²) < 4.78 is 29.1. The van der Waals surface area contributed by atoms with Crippen molar-refractivity contribution in [3.8, 4) is 0 Å². The van der Waals surface area contributed by atoms with E-state index in [9.17, 15) is 18.4 Å². The lowest BCUT2D eigenvalue weighted by Crippen LogP contribution is -2.45. The standard InChI is InChI=1S/C17H19F2IN2O3/c1-4-9(2)25-15(23)13-10(3)21-16(24)22-14(13)11-5-7-12(8-6-11)17(18,19)20/h5-9,14H,4H2,1-3H3,(H2,21,22,24). The second-order valence-electron chi connectivity index (χ2n) is 5.81. The lowest BCUT2D eigenvalue weighted by molar-refractivity contribution is -0.144. The van der Waals surface area contributed by atoms with Crippen LogP contribution in [0.2, 0.25) is 0 Å². The number of halogens is 3. The highest BCUT2D eigenvalue weighted by Crippen LogP contribution is 2.36. The van der Waals surface area contributed by atoms with E-state index < -0.39 is 22.0 Å². The van der Waals surface area contributed by atoms with E-state index in [1.165, 1.54) is 24.3 Å². The fraction of sp³-hybridized carbons (Fsp3) is 0.412. The highest BCUT2D eigenvalue weighted by molar-refractivity contribution is 14.1. The van der Waals surface area contributed by atoms with Crippen molar-refractivity contribution in [2.45, 2.75) is 43.3 Å². The monoisotopic (exact) mass is 464 g/mol. The van der Waals surface area contributed by atoms with E-state index in [0.717, 1.165) is 22.6 Å². The molecule has 2 rings (SSSR count). The predicted octanol–water partition coefficient (Wildman–Crippen LogP) is 4.14. The lowest BCUT2D eigenvalue weighted by Gasteiger charge is -2.29. The Labute approximate surface area is 158 Å². The Balaban J connectivity index is 2.37. The molecule has 0 aliphatic carbocycles. The Morgan fingerprint density at radius 1 is 1.36 bits per heavy atom. The Morgan fingerprint density at radius 2 is 1.96 bits per heavy atom. The van der Waals surface area contributed by atoms with E-state index in [4.69, 9.17) is 4.74 Å². The largest absolute Gasteiger partial charge is 0.459 e. The van der Waals surface area contributed by atoms with Crippen molar-refractivity contribution >= 4 is 34.6 Å². The van der Waals surface area contributed by atoms with Crippen molar-refractivity contribution in [2.75, 3.05) is 0 Å². The van der Waals surface area contributed by atoms with Gasteiger partial charge in [0.05, 0.1) is 17.7 Å². The molecule has 1 heterocycles. The van der Waals surface area contributed by atoms with Gasteiger partial charge in [0.25, 0.3) is 0 Å². The third-order valence-corrected chi connectivity index (χ3v) is 4.57. The molecular weight excluding hydrogens is 445 g/mol. The minimum absolute atomic E-state index is 0.151. The highest BCUT2D eigenvalue weighted by atomic mass is 127. The van der Waals surface area contributed by atoms with Crippen molar-refractivity contribution in [1.29, 1.82) is 0 Å². The molecule has 0 saturated carbocycles. The summed E-state index contributed by atoms with van der Waals surface area (Å²) >= 11 is 1.05. The summed E-state index contributed by atoms with van der Waals surface area (Å²) in [6.45, 7) is 5.27. The predicted molar refractivity (Wildman–Crippen MR) is 97.3 cm³/mol. The molecule has 2 N–H and O–H groups in total. The molecule has 1 aromatic carbocycles. The summed E-state index contributed by atoms with van der Waals surface area (Å²) in [5.41, 5.74) is 1.01. The van der Waals surface area contributed by atoms with Crippen molar-refractivity contribution in [1.82, 2.24) is 10.6 Å². The summed E-state index contributed by atoms with van der Waals surface area (Å²) in [6, 6.07) is 4.28. The van der Waals surface area contributed by atoms with Gasteiger partial charge in [-0.1, -0.05) is 31.2 Å². The third-order valence-electron chi connectivity index (χ3n) is 3.94. The molecule has 0 aromatic heterocycles. The van der Waals surface area contributed by atoms with Crippen molar-refractivity contribution in [3.63, 3.8) is 0 Å². The van der Waals surface area contributed by atoms with E-state index in [1.54, 1.807) is 13.8 Å². The molecule has 0 saturated heterocycles. The van der Waals surface area contributed by atoms with Crippen LogP contribution in [0.5, 0.6) is 0 Å². The number of allylic oxidation sites excluding steroid dienone is 1. The van der Waals surface area contributed by atoms with Crippen LogP contribution in [-0.4, -0.2) is 18.1 Å². The van der Waals surface area contributed by atoms with E-state index >= 15 is 0 Å². The average Bonchev–Trinajstić information content (AvgIpc) is 2.53. The number of amides is 2. The van der Waals surface area contributed by atoms with Gasteiger partial charge in [-0.05, 0) is 25.8 Å². The topological polar surface area (TPSA) is 67.4 Å². The number of carbonyl (C=O) groups excluding carboxylic acids is 2. The van der Waals surface area contributed by atoms with Crippen LogP contribution in [0.3, 0.4) is 0 Å². The summed E-state index contributed by atoms with van der Waals surface area (Å²) in [5.74, 6) is -0.548. The van der Waals surface area contributed by atoms with Crippen LogP contribution in [0.25, 0.3) is 0 Å². The van der Waals surface area contributed by atoms with E-state index in [0.29, 0.717) is 17.7 Å². The molecule has 1 aromatic rings. The summed E-state index contributed by atoms with van der Waals surface area (Å²) in [7, 11) is 0. The van der Waals surface area contributed by atoms with Crippen molar-refractivity contribution in [2.24, 2.45) is 0 Å². The summed E-state index contributed by atoms with van der Waals surface area (Å²) in [5, 5.41) is 5.19. The number of carbonyl (C=O) groups is 2. The van der Waals surface area contributed by atoms with E-state index in [2.05, 4.69) is 10.6 Å². The quantitative estimate of drug-likeness (QED) is 0.391. The second-order valence-corrected chi connectivity index (χ2v) is 7.17. The third kappa shape index (κ3) is 4.68. The molecule has 0 spiro atoms. The molecule has 1 aliphatic rings. The SMILES string of the molecule is CCC(C)OC(=O)C1=C(C)NC(=O)NC1c1ccc(C(F)(F)I)cc1. The summed E-state index contributed by atoms with van der Waals surface area (Å²) in [4.78, 5) is 24.3. The van der Waals surface area contributed by atoms with Gasteiger partial charge in [-0.3, -0.25) is 0 Å². The van der Waals surface area contributed by atoms with Gasteiger partial charge < -0.3 is 15.4 Å². The number of alkyl halides is 3. The molecule has 0 fully saturated rings. The fourth-order valence-corrected chi connectivity index (χ4v) is 2.77. The molecule has 2 atom stereocenters. The average molecular weight is 464 g/mol. The fourth-order valence-electron chi connectivity index (χ4n) is 2.41. The van der Waals surface area contributed by atoms with Gasteiger partial charge in [-0.25, -0.2) is 9.59 Å². The molecule has 2 amide bonds. The van der Waals surface area contributed by atoms with Gasteiger partial charge in [0.2, 0.25) is 0 Å². The van der Waals surface area contributed by atoms with Crippen LogP contribution in [0.1, 0.15) is 44.4 Å². The van der Waals surface area contributed by atoms with Gasteiger partial charge >= 0.3 is 15.9 Å². The molecule has 1 aliphatic heterocycles. The first-order chi connectivity index (χ1) is 11.6. The first-order valence-corrected chi connectivity index (χ1v) is 8.87. The Kier molecular flexibility index (Phi) is 6.02. The van der Waals surface area contributed by atoms with Crippen LogP contribution in [0.4, 0.5) is 13.6 Å². The highest BCUT2D eigenvalue weighted by Gasteiger charge is 2.33. The zero-order valence-electron chi connectivity index (χ0n) is 14.0. The number of ether oxygens (including phenoxy) is 1. The van der Waals surface area contributed by atoms with Crippen LogP contribution in [0, 0.1) is 0 Å². The first kappa shape index (κ1) is 19.6. The summed E-state index contributed by atoms with van der Waals surface area (Å²) in [6.07, 6.45) is 0.383. The second kappa shape index (κ2) is 7.67. The van der Waals surface area contributed by atoms with Crippen molar-refractivity contribution < 1.29 is 23.1 Å². The normalized spacial score (nSPS) is 19.1. The number of rotatable bonds is 5. The Morgan fingerprint density at radius 3 is 2.48 bits per heavy atom. The maximum absolute atomic E-state index is 13.4.